The number of nitrogens with zero attached hydrogens (tertiary/aromatic N) is 6. The maximum Gasteiger partial charge on any atom is 0.194 e. The lowest BCUT2D eigenvalue weighted by Gasteiger charge is -2.38. The molecule has 2 heterocycles. The summed E-state index contributed by atoms with van der Waals surface area (Å²) in [5, 5.41) is 12.0. The van der Waals surface area contributed by atoms with Crippen molar-refractivity contribution in [3.63, 3.8) is 0 Å². The molecule has 7 heteroatoms. The molecule has 0 atom stereocenters. The molecule has 0 spiro atoms. The highest BCUT2D eigenvalue weighted by Gasteiger charge is 2.21. The van der Waals surface area contributed by atoms with Crippen molar-refractivity contribution in [2.75, 3.05) is 31.1 Å². The largest absolute Gasteiger partial charge is 0.368 e. The van der Waals surface area contributed by atoms with Gasteiger partial charge < -0.3 is 19.7 Å². The fourth-order valence-corrected chi connectivity index (χ4v) is 4.02. The van der Waals surface area contributed by atoms with Crippen LogP contribution in [0.4, 0.5) is 5.69 Å². The molecule has 7 nitrogen and oxygen atoms in total. The Morgan fingerprint density at radius 1 is 0.938 bits per heavy atom. The first-order valence-corrected chi connectivity index (χ1v) is 11.3. The Kier molecular flexibility index (Phi) is 6.73. The van der Waals surface area contributed by atoms with E-state index in [9.17, 15) is 0 Å². The zero-order valence-corrected chi connectivity index (χ0v) is 19.5. The maximum absolute atomic E-state index is 4.95. The number of rotatable bonds is 5. The summed E-state index contributed by atoms with van der Waals surface area (Å²) < 4.78 is 2.01. The number of hydrogen-bond acceptors (Lipinski definition) is 4. The van der Waals surface area contributed by atoms with Crippen molar-refractivity contribution < 1.29 is 0 Å². The summed E-state index contributed by atoms with van der Waals surface area (Å²) >= 11 is 0. The van der Waals surface area contributed by atoms with Crippen LogP contribution in [0.3, 0.4) is 0 Å². The Balaban J connectivity index is 1.47. The van der Waals surface area contributed by atoms with Gasteiger partial charge in [-0.2, -0.15) is 0 Å². The summed E-state index contributed by atoms with van der Waals surface area (Å²) in [6.45, 7) is 11.4. The van der Waals surface area contributed by atoms with Crippen LogP contribution < -0.4 is 10.2 Å². The molecule has 2 aromatic carbocycles. The van der Waals surface area contributed by atoms with Gasteiger partial charge in [0, 0.05) is 38.9 Å². The highest BCUT2D eigenvalue weighted by Crippen LogP contribution is 2.24. The van der Waals surface area contributed by atoms with Crippen molar-refractivity contribution in [2.45, 2.75) is 33.9 Å². The van der Waals surface area contributed by atoms with Crippen LogP contribution >= 0.6 is 0 Å². The molecule has 0 amide bonds. The molecule has 1 N–H and O–H groups in total. The van der Waals surface area contributed by atoms with Gasteiger partial charge in [0.05, 0.1) is 13.1 Å². The maximum atomic E-state index is 4.95. The van der Waals surface area contributed by atoms with Crippen LogP contribution in [0.25, 0.3) is 0 Å². The number of aryl methyl sites for hydroxylation is 2. The van der Waals surface area contributed by atoms with Gasteiger partial charge in [-0.15, -0.1) is 10.2 Å². The first-order chi connectivity index (χ1) is 15.5. The number of hydrogen-bond donors (Lipinski definition) is 1. The minimum atomic E-state index is 0.599. The fraction of sp³-hybridized carbons (Fsp3) is 0.400. The Bertz CT molecular complexity index is 1060. The molecular formula is C25H33N7. The highest BCUT2D eigenvalue weighted by molar-refractivity contribution is 5.80. The van der Waals surface area contributed by atoms with Crippen molar-refractivity contribution in [1.29, 1.82) is 0 Å². The molecule has 168 valence electrons. The van der Waals surface area contributed by atoms with E-state index in [4.69, 9.17) is 4.99 Å². The van der Waals surface area contributed by atoms with Gasteiger partial charge in [-0.1, -0.05) is 42.5 Å². The molecule has 1 fully saturated rings. The molecule has 0 saturated carbocycles. The summed E-state index contributed by atoms with van der Waals surface area (Å²) in [6.07, 6.45) is 0. The first-order valence-electron chi connectivity index (χ1n) is 11.3. The molecule has 1 aromatic heterocycles. The molecule has 1 saturated heterocycles. The van der Waals surface area contributed by atoms with E-state index in [2.05, 4.69) is 81.6 Å². The molecule has 1 aliphatic heterocycles. The predicted molar refractivity (Wildman–Crippen MR) is 130 cm³/mol. The number of aliphatic imine (C=N–C) groups is 1. The molecule has 1 aliphatic rings. The van der Waals surface area contributed by atoms with E-state index in [-0.39, 0.29) is 0 Å². The van der Waals surface area contributed by atoms with Crippen molar-refractivity contribution in [1.82, 2.24) is 25.0 Å². The van der Waals surface area contributed by atoms with Crippen LogP contribution in [-0.4, -0.2) is 51.8 Å². The fourth-order valence-electron chi connectivity index (χ4n) is 4.02. The number of nitrogens with one attached hydrogen (secondary N) is 1. The zero-order chi connectivity index (χ0) is 22.5. The van der Waals surface area contributed by atoms with Crippen molar-refractivity contribution in [3.05, 3.63) is 76.9 Å². The second kappa shape index (κ2) is 9.85. The third kappa shape index (κ3) is 4.93. The van der Waals surface area contributed by atoms with E-state index in [1.165, 1.54) is 22.4 Å². The summed E-state index contributed by atoms with van der Waals surface area (Å²) in [6, 6.07) is 17.0. The number of piperazine rings is 1. The lowest BCUT2D eigenvalue weighted by Crippen LogP contribution is -2.52. The summed E-state index contributed by atoms with van der Waals surface area (Å²) in [5.74, 6) is 2.74. The summed E-state index contributed by atoms with van der Waals surface area (Å²) in [4.78, 5) is 9.79. The second-order valence-corrected chi connectivity index (χ2v) is 8.39. The van der Waals surface area contributed by atoms with Gasteiger partial charge in [0.15, 0.2) is 11.8 Å². The quantitative estimate of drug-likeness (QED) is 0.497. The molecule has 0 radical (unpaired) electrons. The predicted octanol–water partition coefficient (Wildman–Crippen LogP) is 3.21. The number of anilines is 1. The zero-order valence-electron chi connectivity index (χ0n) is 19.5. The van der Waals surface area contributed by atoms with Crippen LogP contribution in [0.2, 0.25) is 0 Å². The molecule has 32 heavy (non-hydrogen) atoms. The number of benzene rings is 2. The minimum Gasteiger partial charge on any atom is -0.368 e. The Hall–Kier alpha value is -3.35. The first kappa shape index (κ1) is 21.9. The monoisotopic (exact) mass is 431 g/mol. The highest BCUT2D eigenvalue weighted by atomic mass is 15.4. The van der Waals surface area contributed by atoms with E-state index < -0.39 is 0 Å². The van der Waals surface area contributed by atoms with E-state index in [0.717, 1.165) is 43.8 Å². The topological polar surface area (TPSA) is 61.6 Å². The van der Waals surface area contributed by atoms with E-state index >= 15 is 0 Å². The number of guanidine groups is 1. The van der Waals surface area contributed by atoms with Gasteiger partial charge in [-0.05, 0) is 43.5 Å². The lowest BCUT2D eigenvalue weighted by atomic mass is 10.1. The molecule has 0 unspecified atom stereocenters. The standard InChI is InChI=1S/C25H33N7/c1-19-9-8-12-23(20(19)2)31-13-15-32(16-14-31)25(26-17-22-10-6-5-7-11-22)27-18-24-29-28-21(3)30(24)4/h5-12H,13-18H2,1-4H3,(H,26,27). The van der Waals surface area contributed by atoms with Gasteiger partial charge in [-0.3, -0.25) is 0 Å². The van der Waals surface area contributed by atoms with Crippen LogP contribution in [0, 0.1) is 20.8 Å². The van der Waals surface area contributed by atoms with E-state index in [1.807, 2.05) is 24.6 Å². The Labute approximate surface area is 190 Å². The van der Waals surface area contributed by atoms with Crippen molar-refractivity contribution >= 4 is 11.6 Å². The molecule has 3 aromatic rings. The van der Waals surface area contributed by atoms with Gasteiger partial charge in [0.25, 0.3) is 0 Å². The summed E-state index contributed by atoms with van der Waals surface area (Å²) in [7, 11) is 2.00. The third-order valence-electron chi connectivity index (χ3n) is 6.34. The van der Waals surface area contributed by atoms with Gasteiger partial charge in [-0.25, -0.2) is 4.99 Å². The molecular weight excluding hydrogens is 398 g/mol. The smallest absolute Gasteiger partial charge is 0.194 e. The van der Waals surface area contributed by atoms with Crippen LogP contribution in [-0.2, 0) is 20.1 Å². The van der Waals surface area contributed by atoms with Gasteiger partial charge in [0.1, 0.15) is 5.82 Å². The molecule has 0 aliphatic carbocycles. The second-order valence-electron chi connectivity index (χ2n) is 8.39. The Morgan fingerprint density at radius 3 is 2.38 bits per heavy atom. The number of aromatic nitrogens is 3. The molecule has 0 bridgehead atoms. The van der Waals surface area contributed by atoms with Crippen LogP contribution in [0.15, 0.2) is 53.5 Å². The normalized spacial score (nSPS) is 14.7. The van der Waals surface area contributed by atoms with Crippen molar-refractivity contribution in [3.8, 4) is 0 Å². The minimum absolute atomic E-state index is 0.599. The van der Waals surface area contributed by atoms with Crippen molar-refractivity contribution in [2.24, 2.45) is 12.0 Å². The SMILES string of the molecule is Cc1cccc(N2CCN(C(=NCc3ccccc3)NCc3nnc(C)n3C)CC2)c1C. The van der Waals surface area contributed by atoms with Gasteiger partial charge in [0.2, 0.25) is 0 Å². The lowest BCUT2D eigenvalue weighted by molar-refractivity contribution is 0.370. The Morgan fingerprint density at radius 2 is 1.69 bits per heavy atom. The van der Waals surface area contributed by atoms with E-state index in [1.54, 1.807) is 0 Å². The summed E-state index contributed by atoms with van der Waals surface area (Å²) in [5.41, 5.74) is 5.26. The molecule has 4 rings (SSSR count). The third-order valence-corrected chi connectivity index (χ3v) is 6.34. The van der Waals surface area contributed by atoms with Gasteiger partial charge >= 0.3 is 0 Å². The van der Waals surface area contributed by atoms with Crippen LogP contribution in [0.5, 0.6) is 0 Å². The average Bonchev–Trinajstić information content (AvgIpc) is 3.14. The average molecular weight is 432 g/mol. The van der Waals surface area contributed by atoms with E-state index in [0.29, 0.717) is 13.1 Å². The van der Waals surface area contributed by atoms with Crippen LogP contribution in [0.1, 0.15) is 28.3 Å².